The standard InChI is InChI=1S/C41H53N5O7/c1-9-28-25(4)32-21-31-24(3)19-35(42-31)30(20-38(47)46(7)11-12-51-15-16-53-18-17-52-14-13-50-8)40-39(41(48)49)27(6)34(45-40)23-37-29(10-2)26(5)33(44-37)22-36(28)43-32/h9,21-24,43-44H,1,10-20H2,2-8H3,(H,48,49). The van der Waals surface area contributed by atoms with Crippen LogP contribution in [0.5, 0.6) is 0 Å². The Morgan fingerprint density at radius 1 is 0.906 bits per heavy atom. The number of methoxy groups -OCH3 is 1. The molecule has 53 heavy (non-hydrogen) atoms. The quantitative estimate of drug-likeness (QED) is 0.138. The van der Waals surface area contributed by atoms with Crippen molar-refractivity contribution in [3.05, 3.63) is 75.4 Å². The van der Waals surface area contributed by atoms with Crippen molar-refractivity contribution in [2.75, 3.05) is 67.0 Å². The number of carbonyl (C=O) groups excluding carboxylic acids is 1. The highest BCUT2D eigenvalue weighted by atomic mass is 16.6. The third-order valence-electron chi connectivity index (χ3n) is 10.1. The number of ether oxygens (including phenoxy) is 4. The van der Waals surface area contributed by atoms with E-state index in [1.165, 1.54) is 0 Å². The number of hydrogen-bond acceptors (Lipinski definition) is 8. The van der Waals surface area contributed by atoms with Gasteiger partial charge in [-0.1, -0.05) is 26.5 Å². The molecule has 2 aliphatic rings. The van der Waals surface area contributed by atoms with Crippen LogP contribution in [-0.2, 0) is 47.8 Å². The van der Waals surface area contributed by atoms with Crippen LogP contribution in [0, 0.1) is 13.8 Å². The van der Waals surface area contributed by atoms with Gasteiger partial charge in [0.15, 0.2) is 0 Å². The Labute approximate surface area is 311 Å². The molecular formula is C41H53N5O7. The fraction of sp³-hybridized carbons (Fsp3) is 0.463. The maximum absolute atomic E-state index is 13.9. The van der Waals surface area contributed by atoms with Crippen LogP contribution in [0.1, 0.15) is 77.3 Å². The van der Waals surface area contributed by atoms with Crippen LogP contribution in [-0.4, -0.2) is 109 Å². The van der Waals surface area contributed by atoms with Crippen molar-refractivity contribution in [3.63, 3.8) is 0 Å². The van der Waals surface area contributed by atoms with Crippen LogP contribution in [0.4, 0.5) is 0 Å². The molecule has 5 rings (SSSR count). The number of amides is 1. The van der Waals surface area contributed by atoms with Gasteiger partial charge < -0.3 is 38.9 Å². The fourth-order valence-electron chi connectivity index (χ4n) is 6.88. The zero-order valence-corrected chi connectivity index (χ0v) is 32.1. The van der Waals surface area contributed by atoms with Gasteiger partial charge in [0.25, 0.3) is 0 Å². The third-order valence-corrected chi connectivity index (χ3v) is 10.1. The summed E-state index contributed by atoms with van der Waals surface area (Å²) in [6.45, 7) is 17.7. The van der Waals surface area contributed by atoms with E-state index in [9.17, 15) is 14.7 Å². The smallest absolute Gasteiger partial charge is 0.338 e. The minimum absolute atomic E-state index is 0.0219. The average molecular weight is 728 g/mol. The number of carboxylic acid groups (broad SMARTS) is 1. The van der Waals surface area contributed by atoms with Crippen molar-refractivity contribution in [1.29, 1.82) is 0 Å². The molecular weight excluding hydrogens is 674 g/mol. The Kier molecular flexibility index (Phi) is 13.4. The first-order valence-electron chi connectivity index (χ1n) is 18.3. The second-order valence-electron chi connectivity index (χ2n) is 13.6. The van der Waals surface area contributed by atoms with Crippen LogP contribution in [0.25, 0.3) is 39.3 Å². The number of nitrogens with zero attached hydrogens (tertiary/aromatic N) is 3. The second kappa shape index (κ2) is 17.9. The van der Waals surface area contributed by atoms with Gasteiger partial charge in [0.2, 0.25) is 5.91 Å². The predicted octanol–water partition coefficient (Wildman–Crippen LogP) is 6.20. The number of fused-ring (bicyclic) bond motifs is 8. The first kappa shape index (κ1) is 39.6. The number of aromatic nitrogens is 4. The molecule has 8 bridgehead atoms. The second-order valence-corrected chi connectivity index (χ2v) is 13.6. The van der Waals surface area contributed by atoms with Gasteiger partial charge in [-0.2, -0.15) is 0 Å². The summed E-state index contributed by atoms with van der Waals surface area (Å²) < 4.78 is 21.6. The first-order valence-corrected chi connectivity index (χ1v) is 18.3. The summed E-state index contributed by atoms with van der Waals surface area (Å²) in [5.41, 5.74) is 11.4. The van der Waals surface area contributed by atoms with Gasteiger partial charge in [-0.15, -0.1) is 0 Å². The minimum Gasteiger partial charge on any atom is -0.478 e. The number of aryl methyl sites for hydroxylation is 3. The normalized spacial score (nSPS) is 14.2. The monoisotopic (exact) mass is 727 g/mol. The minimum atomic E-state index is -1.10. The number of carboxylic acids is 1. The lowest BCUT2D eigenvalue weighted by atomic mass is 9.96. The Morgan fingerprint density at radius 3 is 2.19 bits per heavy atom. The maximum Gasteiger partial charge on any atom is 0.338 e. The molecule has 0 aromatic carbocycles. The highest BCUT2D eigenvalue weighted by molar-refractivity contribution is 6.24. The zero-order valence-electron chi connectivity index (χ0n) is 32.1. The van der Waals surface area contributed by atoms with Gasteiger partial charge in [-0.25, -0.2) is 9.78 Å². The van der Waals surface area contributed by atoms with Gasteiger partial charge >= 0.3 is 5.97 Å². The van der Waals surface area contributed by atoms with E-state index in [-0.39, 0.29) is 29.5 Å². The van der Waals surface area contributed by atoms with Crippen LogP contribution >= 0.6 is 0 Å². The molecule has 5 heterocycles. The molecule has 3 aromatic heterocycles. The number of carbonyl (C=O) groups is 2. The molecule has 1 unspecified atom stereocenters. The lowest BCUT2D eigenvalue weighted by Crippen LogP contribution is -2.32. The average Bonchev–Trinajstić information content (AvgIpc) is 3.83. The van der Waals surface area contributed by atoms with Gasteiger partial charge in [-0.05, 0) is 74.1 Å². The number of rotatable bonds is 17. The molecule has 0 saturated heterocycles. The summed E-state index contributed by atoms with van der Waals surface area (Å²) in [6.07, 6.45) is 3.11. The molecule has 284 valence electrons. The summed E-state index contributed by atoms with van der Waals surface area (Å²) in [4.78, 5) is 45.6. The molecule has 12 nitrogen and oxygen atoms in total. The van der Waals surface area contributed by atoms with Gasteiger partial charge in [0, 0.05) is 71.2 Å². The van der Waals surface area contributed by atoms with Crippen molar-refractivity contribution in [1.82, 2.24) is 24.8 Å². The molecule has 3 N–H and O–H groups in total. The van der Waals surface area contributed by atoms with Gasteiger partial charge in [-0.3, -0.25) is 9.78 Å². The van der Waals surface area contributed by atoms with Crippen molar-refractivity contribution in [2.24, 2.45) is 0 Å². The molecule has 0 radical (unpaired) electrons. The van der Waals surface area contributed by atoms with Crippen LogP contribution in [0.2, 0.25) is 0 Å². The summed E-state index contributed by atoms with van der Waals surface area (Å²) in [6, 6.07) is 6.08. The molecule has 0 aliphatic carbocycles. The Bertz CT molecular complexity index is 2040. The summed E-state index contributed by atoms with van der Waals surface area (Å²) >= 11 is 0. The summed E-state index contributed by atoms with van der Waals surface area (Å²) in [5.74, 6) is -1.26. The number of hydrogen-bond donors (Lipinski definition) is 3. The van der Waals surface area contributed by atoms with Crippen LogP contribution in [0.15, 0.2) is 24.8 Å². The van der Waals surface area contributed by atoms with Gasteiger partial charge in [0.05, 0.1) is 69.6 Å². The highest BCUT2D eigenvalue weighted by Gasteiger charge is 2.30. The third kappa shape index (κ3) is 8.96. The Hall–Kier alpha value is -4.62. The van der Waals surface area contributed by atoms with Crippen molar-refractivity contribution >= 4 is 51.2 Å². The largest absolute Gasteiger partial charge is 0.478 e. The predicted molar refractivity (Wildman–Crippen MR) is 208 cm³/mol. The van der Waals surface area contributed by atoms with Crippen molar-refractivity contribution < 1.29 is 33.6 Å². The summed E-state index contributed by atoms with van der Waals surface area (Å²) in [7, 11) is 3.35. The van der Waals surface area contributed by atoms with E-state index >= 15 is 0 Å². The van der Waals surface area contributed by atoms with Crippen LogP contribution in [0.3, 0.4) is 0 Å². The van der Waals surface area contributed by atoms with Crippen molar-refractivity contribution in [3.8, 4) is 0 Å². The zero-order chi connectivity index (χ0) is 38.2. The van der Waals surface area contributed by atoms with E-state index in [1.54, 1.807) is 26.0 Å². The fourth-order valence-corrected chi connectivity index (χ4v) is 6.88. The first-order chi connectivity index (χ1) is 25.5. The number of aliphatic carboxylic acids is 1. The lowest BCUT2D eigenvalue weighted by Gasteiger charge is -2.18. The molecule has 0 spiro atoms. The van der Waals surface area contributed by atoms with E-state index in [4.69, 9.17) is 28.9 Å². The molecule has 1 atom stereocenters. The molecule has 12 heteroatoms. The van der Waals surface area contributed by atoms with Crippen LogP contribution < -0.4 is 0 Å². The summed E-state index contributed by atoms with van der Waals surface area (Å²) in [5, 5.41) is 10.6. The van der Waals surface area contributed by atoms with E-state index in [1.807, 2.05) is 12.1 Å². The number of allylic oxidation sites excluding steroid dienone is 1. The lowest BCUT2D eigenvalue weighted by molar-refractivity contribution is -0.131. The van der Waals surface area contributed by atoms with E-state index in [2.05, 4.69) is 56.4 Å². The molecule has 3 aromatic rings. The Morgan fingerprint density at radius 2 is 1.55 bits per heavy atom. The van der Waals surface area contributed by atoms with Crippen molar-refractivity contribution in [2.45, 2.75) is 59.8 Å². The SMILES string of the molecule is C=Cc1c(C)c2cc3nc(c(CC(=O)N(C)CCOCCOCCOCCOC)c4nc(cc5[nH]c(cc1[nH]2)c(C)c5CC)C(C)=C4C(=O)O)CC3C. The molecule has 0 saturated carbocycles. The van der Waals surface area contributed by atoms with E-state index < -0.39 is 5.97 Å². The maximum atomic E-state index is 13.9. The number of nitrogens with one attached hydrogen (secondary N) is 2. The number of aromatic amines is 2. The Balaban J connectivity index is 1.54. The highest BCUT2D eigenvalue weighted by Crippen LogP contribution is 2.36. The van der Waals surface area contributed by atoms with E-state index in [0.717, 1.165) is 56.4 Å². The number of H-pyrrole nitrogens is 2. The van der Waals surface area contributed by atoms with Gasteiger partial charge in [0.1, 0.15) is 0 Å². The molecule has 0 fully saturated rings. The number of likely N-dealkylation sites (N-methyl/N-ethyl adjacent to an activating group) is 1. The van der Waals surface area contributed by atoms with E-state index in [0.29, 0.717) is 81.7 Å². The topological polar surface area (TPSA) is 152 Å². The molecule has 2 aliphatic heterocycles. The molecule has 1 amide bonds.